The average Bonchev–Trinajstić information content (AvgIpc) is 3.58. The van der Waals surface area contributed by atoms with Crippen LogP contribution in [-0.4, -0.2) is 40.2 Å². The lowest BCUT2D eigenvalue weighted by Crippen LogP contribution is -2.33. The third-order valence-corrected chi connectivity index (χ3v) is 9.48. The van der Waals surface area contributed by atoms with E-state index in [2.05, 4.69) is 37.0 Å². The van der Waals surface area contributed by atoms with Crippen molar-refractivity contribution in [2.24, 2.45) is 13.0 Å². The van der Waals surface area contributed by atoms with Gasteiger partial charge in [-0.3, -0.25) is 4.68 Å². The quantitative estimate of drug-likeness (QED) is 0.251. The highest BCUT2D eigenvalue weighted by atomic mass is 79.9. The van der Waals surface area contributed by atoms with Crippen LogP contribution in [0.5, 0.6) is 0 Å². The zero-order valence-corrected chi connectivity index (χ0v) is 23.6. The van der Waals surface area contributed by atoms with Gasteiger partial charge in [0.25, 0.3) is 10.0 Å². The summed E-state index contributed by atoms with van der Waals surface area (Å²) in [7, 11) is -2.03. The summed E-state index contributed by atoms with van der Waals surface area (Å²) in [6, 6.07) is 18.8. The lowest BCUT2D eigenvalue weighted by atomic mass is 9.97. The van der Waals surface area contributed by atoms with Crippen molar-refractivity contribution < 1.29 is 8.42 Å². The maximum Gasteiger partial charge on any atom is 0.269 e. The van der Waals surface area contributed by atoms with Gasteiger partial charge in [-0.15, -0.1) is 0 Å². The minimum atomic E-state index is -3.91. The minimum Gasteiger partial charge on any atom is -0.370 e. The average molecular weight is 602 g/mol. The van der Waals surface area contributed by atoms with Crippen LogP contribution in [0.15, 0.2) is 88.8 Å². The Morgan fingerprint density at radius 3 is 2.28 bits per heavy atom. The van der Waals surface area contributed by atoms with Crippen molar-refractivity contribution >= 4 is 42.7 Å². The van der Waals surface area contributed by atoms with Crippen molar-refractivity contribution in [3.63, 3.8) is 0 Å². The number of benzene rings is 2. The van der Waals surface area contributed by atoms with Crippen molar-refractivity contribution in [1.82, 2.24) is 18.7 Å². The lowest BCUT2D eigenvalue weighted by molar-refractivity contribution is 0.488. The molecule has 2 aromatic carbocycles. The van der Waals surface area contributed by atoms with E-state index in [1.165, 1.54) is 3.97 Å². The number of aromatic nitrogens is 4. The Kier molecular flexibility index (Phi) is 6.49. The molecule has 10 heteroatoms. The minimum absolute atomic E-state index is 0.0277. The molecule has 0 N–H and O–H groups in total. The molecular formula is C29H25BrN6O2S. The highest BCUT2D eigenvalue weighted by Gasteiger charge is 2.29. The third kappa shape index (κ3) is 4.51. The van der Waals surface area contributed by atoms with Crippen LogP contribution >= 0.6 is 15.9 Å². The van der Waals surface area contributed by atoms with Gasteiger partial charge < -0.3 is 4.90 Å². The van der Waals surface area contributed by atoms with Crippen LogP contribution in [0.3, 0.4) is 0 Å². The van der Waals surface area contributed by atoms with Crippen molar-refractivity contribution in [3.05, 3.63) is 83.9 Å². The van der Waals surface area contributed by atoms with Gasteiger partial charge in [-0.25, -0.2) is 17.4 Å². The highest BCUT2D eigenvalue weighted by molar-refractivity contribution is 9.10. The van der Waals surface area contributed by atoms with Crippen LogP contribution < -0.4 is 4.90 Å². The molecule has 0 saturated carbocycles. The molecule has 0 aliphatic carbocycles. The summed E-state index contributed by atoms with van der Waals surface area (Å²) in [5.41, 5.74) is 4.93. The Morgan fingerprint density at radius 1 is 0.949 bits per heavy atom. The fourth-order valence-corrected chi connectivity index (χ4v) is 7.08. The SMILES string of the molecule is Cn1cc(-c2ccc(-c3cn(S(=O)(=O)c4ccccc4)c4ncc(Br)c(N5CCC(C#N)CC5)c34)cc2)cn1. The molecule has 4 heterocycles. The molecule has 1 aliphatic rings. The summed E-state index contributed by atoms with van der Waals surface area (Å²) in [6.07, 6.45) is 8.63. The molecule has 6 rings (SSSR count). The molecule has 0 bridgehead atoms. The number of aryl methyl sites for hydroxylation is 1. The van der Waals surface area contributed by atoms with Gasteiger partial charge in [0.05, 0.1) is 32.7 Å². The van der Waals surface area contributed by atoms with E-state index < -0.39 is 10.0 Å². The van der Waals surface area contributed by atoms with Gasteiger partial charge in [-0.1, -0.05) is 42.5 Å². The molecule has 0 amide bonds. The zero-order valence-electron chi connectivity index (χ0n) is 21.2. The van der Waals surface area contributed by atoms with Gasteiger partial charge in [0, 0.05) is 55.8 Å². The van der Waals surface area contributed by atoms with Crippen LogP contribution in [0, 0.1) is 17.2 Å². The van der Waals surface area contributed by atoms with Crippen LogP contribution in [0.4, 0.5) is 5.69 Å². The first-order valence-corrected chi connectivity index (χ1v) is 14.8. The summed E-state index contributed by atoms with van der Waals surface area (Å²) in [5.74, 6) is 0.0277. The number of piperidine rings is 1. The molecular weight excluding hydrogens is 576 g/mol. The first kappa shape index (κ1) is 25.3. The van der Waals surface area contributed by atoms with E-state index >= 15 is 0 Å². The first-order valence-electron chi connectivity index (χ1n) is 12.6. The van der Waals surface area contributed by atoms with Gasteiger partial charge in [0.15, 0.2) is 5.65 Å². The Morgan fingerprint density at radius 2 is 1.64 bits per heavy atom. The van der Waals surface area contributed by atoms with E-state index in [1.807, 2.05) is 43.7 Å². The van der Waals surface area contributed by atoms with Gasteiger partial charge in [-0.2, -0.15) is 10.4 Å². The Labute approximate surface area is 235 Å². The molecule has 0 atom stereocenters. The zero-order chi connectivity index (χ0) is 27.1. The van der Waals surface area contributed by atoms with E-state index in [0.29, 0.717) is 18.7 Å². The first-order chi connectivity index (χ1) is 18.9. The molecule has 8 nitrogen and oxygen atoms in total. The molecule has 0 radical (unpaired) electrons. The molecule has 1 fully saturated rings. The second-order valence-corrected chi connectivity index (χ2v) is 12.3. The Balaban J connectivity index is 1.56. The third-order valence-electron chi connectivity index (χ3n) is 7.24. The smallest absolute Gasteiger partial charge is 0.269 e. The topological polar surface area (TPSA) is 96.8 Å². The number of halogens is 1. The Hall–Kier alpha value is -3.94. The van der Waals surface area contributed by atoms with Gasteiger partial charge in [0.2, 0.25) is 0 Å². The number of nitrogens with zero attached hydrogens (tertiary/aromatic N) is 6. The van der Waals surface area contributed by atoms with E-state index in [-0.39, 0.29) is 10.8 Å². The fourth-order valence-electron chi connectivity index (χ4n) is 5.19. The number of hydrogen-bond donors (Lipinski definition) is 0. The molecule has 0 unspecified atom stereocenters. The van der Waals surface area contributed by atoms with Crippen LogP contribution in [-0.2, 0) is 17.1 Å². The van der Waals surface area contributed by atoms with Gasteiger partial charge in [0.1, 0.15) is 0 Å². The molecule has 196 valence electrons. The second kappa shape index (κ2) is 9.98. The van der Waals surface area contributed by atoms with Crippen molar-refractivity contribution in [2.75, 3.05) is 18.0 Å². The highest BCUT2D eigenvalue weighted by Crippen LogP contribution is 2.43. The Bertz CT molecular complexity index is 1810. The molecule has 0 spiro atoms. The number of anilines is 1. The number of rotatable bonds is 5. The number of nitriles is 1. The predicted molar refractivity (Wildman–Crippen MR) is 155 cm³/mol. The lowest BCUT2D eigenvalue weighted by Gasteiger charge is -2.32. The fraction of sp³-hybridized carbons (Fsp3) is 0.207. The molecule has 5 aromatic rings. The standard InChI is InChI=1S/C29H25BrN6O2S/c1-34-18-23(16-33-34)21-7-9-22(10-8-21)25-19-36(39(37,38)24-5-3-2-4-6-24)29-27(25)28(26(30)17-32-29)35-13-11-20(15-31)12-14-35/h2-10,16-20H,11-14H2,1H3. The summed E-state index contributed by atoms with van der Waals surface area (Å²) < 4.78 is 31.5. The normalized spacial score (nSPS) is 14.5. The second-order valence-electron chi connectivity index (χ2n) is 9.68. The summed E-state index contributed by atoms with van der Waals surface area (Å²) in [5, 5.41) is 14.4. The number of fused-ring (bicyclic) bond motifs is 1. The number of pyridine rings is 1. The monoisotopic (exact) mass is 600 g/mol. The molecule has 1 saturated heterocycles. The van der Waals surface area contributed by atoms with E-state index in [0.717, 1.165) is 50.6 Å². The molecule has 1 aliphatic heterocycles. The van der Waals surface area contributed by atoms with E-state index in [1.54, 1.807) is 47.4 Å². The van der Waals surface area contributed by atoms with Crippen LogP contribution in [0.1, 0.15) is 12.8 Å². The maximum absolute atomic E-state index is 13.8. The van der Waals surface area contributed by atoms with Crippen LogP contribution in [0.25, 0.3) is 33.3 Å². The summed E-state index contributed by atoms with van der Waals surface area (Å²) >= 11 is 3.70. The summed E-state index contributed by atoms with van der Waals surface area (Å²) in [6.45, 7) is 1.40. The van der Waals surface area contributed by atoms with Crippen molar-refractivity contribution in [1.29, 1.82) is 5.26 Å². The van der Waals surface area contributed by atoms with Gasteiger partial charge in [-0.05, 0) is 52.0 Å². The van der Waals surface area contributed by atoms with Crippen molar-refractivity contribution in [2.45, 2.75) is 17.7 Å². The van der Waals surface area contributed by atoms with Crippen LogP contribution in [0.2, 0.25) is 0 Å². The maximum atomic E-state index is 13.8. The summed E-state index contributed by atoms with van der Waals surface area (Å²) in [4.78, 5) is 7.05. The molecule has 3 aromatic heterocycles. The number of hydrogen-bond acceptors (Lipinski definition) is 6. The van der Waals surface area contributed by atoms with Crippen molar-refractivity contribution in [3.8, 4) is 28.3 Å². The van der Waals surface area contributed by atoms with Gasteiger partial charge >= 0.3 is 0 Å². The predicted octanol–water partition coefficient (Wildman–Crippen LogP) is 5.84. The van der Waals surface area contributed by atoms with E-state index in [4.69, 9.17) is 0 Å². The largest absolute Gasteiger partial charge is 0.370 e. The molecule has 39 heavy (non-hydrogen) atoms. The van der Waals surface area contributed by atoms with E-state index in [9.17, 15) is 13.7 Å².